The van der Waals surface area contributed by atoms with Crippen LogP contribution in [0.2, 0.25) is 0 Å². The minimum Gasteiger partial charge on any atom is -0.297 e. The summed E-state index contributed by atoms with van der Waals surface area (Å²) in [6, 6.07) is 9.24. The van der Waals surface area contributed by atoms with Crippen LogP contribution in [0.5, 0.6) is 0 Å². The molecule has 2 unspecified atom stereocenters. The topological polar surface area (TPSA) is 20.3 Å². The quantitative estimate of drug-likeness (QED) is 0.749. The second-order valence-electron chi connectivity index (χ2n) is 5.77. The van der Waals surface area contributed by atoms with Crippen LogP contribution in [0.1, 0.15) is 55.5 Å². The summed E-state index contributed by atoms with van der Waals surface area (Å²) < 4.78 is 0. The lowest BCUT2D eigenvalue weighted by atomic mass is 10.1. The van der Waals surface area contributed by atoms with Gasteiger partial charge in [-0.1, -0.05) is 30.7 Å². The molecular weight excluding hydrogens is 234 g/mol. The number of likely N-dealkylation sites (tertiary alicyclic amines) is 1. The molecule has 1 aliphatic heterocycles. The summed E-state index contributed by atoms with van der Waals surface area (Å²) in [4.78, 5) is 14.8. The molecule has 2 atom stereocenters. The molecule has 1 fully saturated rings. The van der Waals surface area contributed by atoms with Gasteiger partial charge in [0, 0.05) is 30.6 Å². The molecule has 0 radical (unpaired) electrons. The summed E-state index contributed by atoms with van der Waals surface area (Å²) in [7, 11) is 0. The Morgan fingerprint density at radius 1 is 1.37 bits per heavy atom. The average molecular weight is 259 g/mol. The van der Waals surface area contributed by atoms with E-state index in [1.54, 1.807) is 0 Å². The standard InChI is InChI=1S/C17H25NO/c1-4-16-9-8-14(3)18(16)11-10-17(19)15-7-5-6-13(2)12-15/h5-7,12,14,16H,4,8-11H2,1-3H3. The van der Waals surface area contributed by atoms with Crippen LogP contribution in [-0.2, 0) is 0 Å². The zero-order chi connectivity index (χ0) is 13.8. The van der Waals surface area contributed by atoms with Crippen molar-refractivity contribution in [2.45, 2.75) is 58.5 Å². The molecule has 0 bridgehead atoms. The SMILES string of the molecule is CCC1CCC(C)N1CCC(=O)c1cccc(C)c1. The summed E-state index contributed by atoms with van der Waals surface area (Å²) in [6.07, 6.45) is 4.40. The molecule has 0 N–H and O–H groups in total. The van der Waals surface area contributed by atoms with Crippen LogP contribution < -0.4 is 0 Å². The Bertz CT molecular complexity index is 441. The van der Waals surface area contributed by atoms with Crippen molar-refractivity contribution in [3.05, 3.63) is 35.4 Å². The second kappa shape index (κ2) is 6.33. The van der Waals surface area contributed by atoms with Gasteiger partial charge in [-0.25, -0.2) is 0 Å². The fourth-order valence-electron chi connectivity index (χ4n) is 3.16. The van der Waals surface area contributed by atoms with Crippen molar-refractivity contribution in [3.8, 4) is 0 Å². The fourth-order valence-corrected chi connectivity index (χ4v) is 3.16. The number of nitrogens with zero attached hydrogens (tertiary/aromatic N) is 1. The Kier molecular flexibility index (Phi) is 4.76. The Hall–Kier alpha value is -1.15. The molecule has 0 aliphatic carbocycles. The molecule has 2 rings (SSSR count). The normalized spacial score (nSPS) is 23.7. The van der Waals surface area contributed by atoms with Crippen molar-refractivity contribution in [2.75, 3.05) is 6.54 Å². The highest BCUT2D eigenvalue weighted by Gasteiger charge is 2.29. The maximum Gasteiger partial charge on any atom is 0.164 e. The summed E-state index contributed by atoms with van der Waals surface area (Å²) in [5.74, 6) is 0.276. The fraction of sp³-hybridized carbons (Fsp3) is 0.588. The average Bonchev–Trinajstić information content (AvgIpc) is 2.76. The summed E-state index contributed by atoms with van der Waals surface area (Å²) in [5.41, 5.74) is 2.02. The molecule has 104 valence electrons. The van der Waals surface area contributed by atoms with E-state index < -0.39 is 0 Å². The molecule has 0 aromatic heterocycles. The number of hydrogen-bond donors (Lipinski definition) is 0. The molecule has 0 saturated carbocycles. The number of aryl methyl sites for hydroxylation is 1. The third-order valence-electron chi connectivity index (χ3n) is 4.36. The maximum absolute atomic E-state index is 12.2. The number of rotatable bonds is 5. The zero-order valence-electron chi connectivity index (χ0n) is 12.4. The Balaban J connectivity index is 1.93. The van der Waals surface area contributed by atoms with Gasteiger partial charge in [-0.2, -0.15) is 0 Å². The number of carbonyl (C=O) groups is 1. The van der Waals surface area contributed by atoms with Gasteiger partial charge in [-0.3, -0.25) is 9.69 Å². The number of Topliss-reactive ketones (excluding diaryl/α,β-unsaturated/α-hetero) is 1. The first kappa shape index (κ1) is 14.3. The number of benzene rings is 1. The minimum atomic E-state index is 0.276. The van der Waals surface area contributed by atoms with Crippen LogP contribution >= 0.6 is 0 Å². The van der Waals surface area contributed by atoms with Crippen molar-refractivity contribution in [1.29, 1.82) is 0 Å². The van der Waals surface area contributed by atoms with Crippen LogP contribution in [0.25, 0.3) is 0 Å². The summed E-state index contributed by atoms with van der Waals surface area (Å²) >= 11 is 0. The van der Waals surface area contributed by atoms with Gasteiger partial charge in [0.05, 0.1) is 0 Å². The van der Waals surface area contributed by atoms with Gasteiger partial charge >= 0.3 is 0 Å². The van der Waals surface area contributed by atoms with Gasteiger partial charge in [-0.15, -0.1) is 0 Å². The van der Waals surface area contributed by atoms with Gasteiger partial charge < -0.3 is 0 Å². The highest BCUT2D eigenvalue weighted by atomic mass is 16.1. The predicted octanol–water partition coefficient (Wildman–Crippen LogP) is 3.83. The zero-order valence-corrected chi connectivity index (χ0v) is 12.4. The third-order valence-corrected chi connectivity index (χ3v) is 4.36. The smallest absolute Gasteiger partial charge is 0.164 e. The van der Waals surface area contributed by atoms with Crippen LogP contribution in [0, 0.1) is 6.92 Å². The van der Waals surface area contributed by atoms with E-state index in [1.165, 1.54) is 19.3 Å². The minimum absolute atomic E-state index is 0.276. The molecule has 2 nitrogen and oxygen atoms in total. The molecular formula is C17H25NO. The van der Waals surface area contributed by atoms with Crippen LogP contribution in [-0.4, -0.2) is 29.3 Å². The van der Waals surface area contributed by atoms with E-state index >= 15 is 0 Å². The van der Waals surface area contributed by atoms with Crippen molar-refractivity contribution in [1.82, 2.24) is 4.90 Å². The van der Waals surface area contributed by atoms with Crippen molar-refractivity contribution < 1.29 is 4.79 Å². The Morgan fingerprint density at radius 2 is 2.16 bits per heavy atom. The van der Waals surface area contributed by atoms with E-state index in [9.17, 15) is 4.79 Å². The second-order valence-corrected chi connectivity index (χ2v) is 5.77. The molecule has 1 saturated heterocycles. The van der Waals surface area contributed by atoms with Gasteiger partial charge in [0.25, 0.3) is 0 Å². The summed E-state index contributed by atoms with van der Waals surface area (Å²) in [6.45, 7) is 7.48. The first-order valence-corrected chi connectivity index (χ1v) is 7.47. The maximum atomic E-state index is 12.2. The lowest BCUT2D eigenvalue weighted by molar-refractivity contribution is 0.0949. The number of hydrogen-bond acceptors (Lipinski definition) is 2. The Morgan fingerprint density at radius 3 is 2.84 bits per heavy atom. The molecule has 0 amide bonds. The molecule has 1 aliphatic rings. The highest BCUT2D eigenvalue weighted by Crippen LogP contribution is 2.26. The number of ketones is 1. The van der Waals surface area contributed by atoms with Gasteiger partial charge in [0.2, 0.25) is 0 Å². The van der Waals surface area contributed by atoms with E-state index in [2.05, 4.69) is 18.7 Å². The van der Waals surface area contributed by atoms with Gasteiger partial charge in [0.15, 0.2) is 5.78 Å². The van der Waals surface area contributed by atoms with E-state index in [4.69, 9.17) is 0 Å². The largest absolute Gasteiger partial charge is 0.297 e. The van der Waals surface area contributed by atoms with Crippen molar-refractivity contribution in [3.63, 3.8) is 0 Å². The molecule has 1 heterocycles. The first-order chi connectivity index (χ1) is 9.11. The third kappa shape index (κ3) is 3.44. The molecule has 1 aromatic rings. The molecule has 19 heavy (non-hydrogen) atoms. The Labute approximate surface area is 116 Å². The highest BCUT2D eigenvalue weighted by molar-refractivity contribution is 5.96. The molecule has 0 spiro atoms. The summed E-state index contributed by atoms with van der Waals surface area (Å²) in [5, 5.41) is 0. The van der Waals surface area contributed by atoms with Crippen LogP contribution in [0.15, 0.2) is 24.3 Å². The predicted molar refractivity (Wildman–Crippen MR) is 79.6 cm³/mol. The van der Waals surface area contributed by atoms with E-state index in [0.29, 0.717) is 18.5 Å². The first-order valence-electron chi connectivity index (χ1n) is 7.47. The van der Waals surface area contributed by atoms with Gasteiger partial charge in [0.1, 0.15) is 0 Å². The van der Waals surface area contributed by atoms with Gasteiger partial charge in [-0.05, 0) is 39.2 Å². The van der Waals surface area contributed by atoms with Crippen LogP contribution in [0.3, 0.4) is 0 Å². The molecule has 2 heteroatoms. The van der Waals surface area contributed by atoms with E-state index in [0.717, 1.165) is 17.7 Å². The van der Waals surface area contributed by atoms with Crippen molar-refractivity contribution >= 4 is 5.78 Å². The molecule has 1 aromatic carbocycles. The van der Waals surface area contributed by atoms with E-state index in [-0.39, 0.29) is 5.78 Å². The van der Waals surface area contributed by atoms with Crippen LogP contribution in [0.4, 0.5) is 0 Å². The monoisotopic (exact) mass is 259 g/mol. The lowest BCUT2D eigenvalue weighted by Crippen LogP contribution is -2.35. The lowest BCUT2D eigenvalue weighted by Gasteiger charge is -2.27. The van der Waals surface area contributed by atoms with E-state index in [1.807, 2.05) is 31.2 Å². The number of carbonyl (C=O) groups excluding carboxylic acids is 1. The van der Waals surface area contributed by atoms with Crippen molar-refractivity contribution in [2.24, 2.45) is 0 Å².